The summed E-state index contributed by atoms with van der Waals surface area (Å²) in [5.74, 6) is -0.184. The van der Waals surface area contributed by atoms with Crippen molar-refractivity contribution >= 4 is 11.8 Å². The summed E-state index contributed by atoms with van der Waals surface area (Å²) in [5.41, 5.74) is 0.344. The third kappa shape index (κ3) is 5.60. The first kappa shape index (κ1) is 18.4. The maximum atomic E-state index is 12.1. The fourth-order valence-corrected chi connectivity index (χ4v) is 3.18. The van der Waals surface area contributed by atoms with Gasteiger partial charge in [-0.3, -0.25) is 14.6 Å². The number of pyridine rings is 1. The van der Waals surface area contributed by atoms with Gasteiger partial charge in [-0.15, -0.1) is 0 Å². The van der Waals surface area contributed by atoms with E-state index in [0.29, 0.717) is 13.0 Å². The molecule has 2 N–H and O–H groups in total. The highest BCUT2D eigenvalue weighted by Crippen LogP contribution is 2.30. The van der Waals surface area contributed by atoms with Crippen LogP contribution in [0.15, 0.2) is 24.5 Å². The molecule has 1 aliphatic heterocycles. The molecule has 6 nitrogen and oxygen atoms in total. The Labute approximate surface area is 143 Å². The SMILES string of the molecule is CC(C)(CC1CC(C)(C)NC1=O)NC(=O)COCc1ccncc1. The summed E-state index contributed by atoms with van der Waals surface area (Å²) < 4.78 is 5.43. The van der Waals surface area contributed by atoms with Gasteiger partial charge in [0.05, 0.1) is 6.61 Å². The van der Waals surface area contributed by atoms with E-state index in [0.717, 1.165) is 12.0 Å². The zero-order valence-electron chi connectivity index (χ0n) is 14.9. The number of hydrogen-bond donors (Lipinski definition) is 2. The van der Waals surface area contributed by atoms with E-state index in [9.17, 15) is 9.59 Å². The van der Waals surface area contributed by atoms with E-state index in [1.807, 2.05) is 39.8 Å². The summed E-state index contributed by atoms with van der Waals surface area (Å²) in [6, 6.07) is 3.70. The van der Waals surface area contributed by atoms with Crippen molar-refractivity contribution in [3.63, 3.8) is 0 Å². The molecule has 1 aromatic rings. The summed E-state index contributed by atoms with van der Waals surface area (Å²) in [6.45, 7) is 8.27. The van der Waals surface area contributed by atoms with Gasteiger partial charge >= 0.3 is 0 Å². The molecule has 0 aromatic carbocycles. The lowest BCUT2D eigenvalue weighted by atomic mass is 9.86. The Kier molecular flexibility index (Phi) is 5.59. The van der Waals surface area contributed by atoms with E-state index in [2.05, 4.69) is 15.6 Å². The maximum absolute atomic E-state index is 12.1. The molecule has 132 valence electrons. The van der Waals surface area contributed by atoms with Gasteiger partial charge in [0.1, 0.15) is 6.61 Å². The van der Waals surface area contributed by atoms with Crippen molar-refractivity contribution in [2.45, 2.75) is 58.2 Å². The maximum Gasteiger partial charge on any atom is 0.246 e. The molecule has 0 aliphatic carbocycles. The normalized spacial score (nSPS) is 19.8. The largest absolute Gasteiger partial charge is 0.367 e. The molecule has 0 radical (unpaired) electrons. The summed E-state index contributed by atoms with van der Waals surface area (Å²) in [5, 5.41) is 5.95. The van der Waals surface area contributed by atoms with Gasteiger partial charge in [0.2, 0.25) is 11.8 Å². The van der Waals surface area contributed by atoms with Crippen LogP contribution >= 0.6 is 0 Å². The first-order valence-corrected chi connectivity index (χ1v) is 8.27. The lowest BCUT2D eigenvalue weighted by Gasteiger charge is -2.28. The van der Waals surface area contributed by atoms with Gasteiger partial charge in [-0.05, 0) is 58.2 Å². The fourth-order valence-electron chi connectivity index (χ4n) is 3.18. The van der Waals surface area contributed by atoms with Crippen LogP contribution in [0.25, 0.3) is 0 Å². The van der Waals surface area contributed by atoms with E-state index >= 15 is 0 Å². The summed E-state index contributed by atoms with van der Waals surface area (Å²) >= 11 is 0. The Morgan fingerprint density at radius 2 is 2.08 bits per heavy atom. The molecule has 2 rings (SSSR count). The minimum atomic E-state index is -0.459. The van der Waals surface area contributed by atoms with E-state index in [1.165, 1.54) is 0 Å². The molecule has 1 saturated heterocycles. The summed E-state index contributed by atoms with van der Waals surface area (Å²) in [7, 11) is 0. The van der Waals surface area contributed by atoms with Gasteiger partial charge in [-0.25, -0.2) is 0 Å². The number of carbonyl (C=O) groups excluding carboxylic acids is 2. The second-order valence-electron chi connectivity index (χ2n) is 7.76. The lowest BCUT2D eigenvalue weighted by Crippen LogP contribution is -2.46. The minimum Gasteiger partial charge on any atom is -0.367 e. The van der Waals surface area contributed by atoms with Crippen molar-refractivity contribution in [2.75, 3.05) is 6.61 Å². The molecule has 1 atom stereocenters. The third-order valence-electron chi connectivity index (χ3n) is 4.07. The highest BCUT2D eigenvalue weighted by molar-refractivity contribution is 5.82. The van der Waals surface area contributed by atoms with Crippen molar-refractivity contribution in [3.05, 3.63) is 30.1 Å². The standard InChI is InChI=1S/C18H27N3O3/c1-17(2,9-14-10-18(3,4)21-16(14)23)20-15(22)12-24-11-13-5-7-19-8-6-13/h5-8,14H,9-12H2,1-4H3,(H,20,22)(H,21,23). The first-order chi connectivity index (χ1) is 11.2. The molecular formula is C18H27N3O3. The highest BCUT2D eigenvalue weighted by atomic mass is 16.5. The summed E-state index contributed by atoms with van der Waals surface area (Å²) in [4.78, 5) is 28.0. The molecule has 1 fully saturated rings. The zero-order chi connectivity index (χ0) is 17.8. The van der Waals surface area contributed by atoms with Crippen LogP contribution in [-0.2, 0) is 20.9 Å². The topological polar surface area (TPSA) is 80.3 Å². The number of ether oxygens (including phenoxy) is 1. The van der Waals surface area contributed by atoms with Crippen LogP contribution in [0.4, 0.5) is 0 Å². The van der Waals surface area contributed by atoms with Crippen molar-refractivity contribution in [1.29, 1.82) is 0 Å². The Bertz CT molecular complexity index is 584. The second-order valence-corrected chi connectivity index (χ2v) is 7.76. The van der Waals surface area contributed by atoms with Crippen LogP contribution in [-0.4, -0.2) is 34.5 Å². The Morgan fingerprint density at radius 1 is 1.42 bits per heavy atom. The predicted molar refractivity (Wildman–Crippen MR) is 91.1 cm³/mol. The van der Waals surface area contributed by atoms with Crippen LogP contribution in [0, 0.1) is 5.92 Å². The highest BCUT2D eigenvalue weighted by Gasteiger charge is 2.40. The number of carbonyl (C=O) groups is 2. The minimum absolute atomic E-state index is 0.00584. The van der Waals surface area contributed by atoms with Crippen LogP contribution in [0.1, 0.15) is 46.1 Å². The van der Waals surface area contributed by atoms with E-state index in [-0.39, 0.29) is 29.9 Å². The van der Waals surface area contributed by atoms with Gasteiger partial charge in [-0.2, -0.15) is 0 Å². The van der Waals surface area contributed by atoms with Gasteiger partial charge < -0.3 is 15.4 Å². The van der Waals surface area contributed by atoms with E-state index < -0.39 is 5.54 Å². The molecule has 0 bridgehead atoms. The van der Waals surface area contributed by atoms with Crippen LogP contribution < -0.4 is 10.6 Å². The van der Waals surface area contributed by atoms with Crippen molar-refractivity contribution in [2.24, 2.45) is 5.92 Å². The second kappa shape index (κ2) is 7.30. The van der Waals surface area contributed by atoms with Crippen LogP contribution in [0.5, 0.6) is 0 Å². The van der Waals surface area contributed by atoms with Crippen LogP contribution in [0.3, 0.4) is 0 Å². The lowest BCUT2D eigenvalue weighted by molar-refractivity contribution is -0.129. The average Bonchev–Trinajstić information content (AvgIpc) is 2.71. The molecule has 1 aliphatic rings. The Balaban J connectivity index is 1.76. The van der Waals surface area contributed by atoms with Crippen molar-refractivity contribution in [1.82, 2.24) is 15.6 Å². The molecule has 1 aromatic heterocycles. The third-order valence-corrected chi connectivity index (χ3v) is 4.07. The smallest absolute Gasteiger partial charge is 0.246 e. The molecule has 2 amide bonds. The number of nitrogens with one attached hydrogen (secondary N) is 2. The molecular weight excluding hydrogens is 306 g/mol. The molecule has 2 heterocycles. The number of aromatic nitrogens is 1. The Hall–Kier alpha value is -1.95. The van der Waals surface area contributed by atoms with E-state index in [4.69, 9.17) is 4.74 Å². The van der Waals surface area contributed by atoms with Crippen molar-refractivity contribution in [3.8, 4) is 0 Å². The quantitative estimate of drug-likeness (QED) is 0.797. The molecule has 0 saturated carbocycles. The predicted octanol–water partition coefficient (Wildman–Crippen LogP) is 1.80. The van der Waals surface area contributed by atoms with Gasteiger partial charge in [0, 0.05) is 29.4 Å². The van der Waals surface area contributed by atoms with Gasteiger partial charge in [0.25, 0.3) is 0 Å². The summed E-state index contributed by atoms with van der Waals surface area (Å²) in [6.07, 6.45) is 4.77. The van der Waals surface area contributed by atoms with Crippen LogP contribution in [0.2, 0.25) is 0 Å². The Morgan fingerprint density at radius 3 is 2.67 bits per heavy atom. The monoisotopic (exact) mass is 333 g/mol. The molecule has 6 heteroatoms. The number of hydrogen-bond acceptors (Lipinski definition) is 4. The zero-order valence-corrected chi connectivity index (χ0v) is 14.9. The first-order valence-electron chi connectivity index (χ1n) is 8.27. The number of amides is 2. The van der Waals surface area contributed by atoms with E-state index in [1.54, 1.807) is 12.4 Å². The molecule has 1 unspecified atom stereocenters. The molecule has 0 spiro atoms. The number of nitrogens with zero attached hydrogens (tertiary/aromatic N) is 1. The van der Waals surface area contributed by atoms with Gasteiger partial charge in [0.15, 0.2) is 0 Å². The fraction of sp³-hybridized carbons (Fsp3) is 0.611. The van der Waals surface area contributed by atoms with Crippen molar-refractivity contribution < 1.29 is 14.3 Å². The average molecular weight is 333 g/mol. The molecule has 24 heavy (non-hydrogen) atoms. The van der Waals surface area contributed by atoms with Gasteiger partial charge in [-0.1, -0.05) is 0 Å². The number of rotatable bonds is 7.